The van der Waals surface area contributed by atoms with Crippen LogP contribution in [0.1, 0.15) is 33.1 Å². The van der Waals surface area contributed by atoms with Gasteiger partial charge in [0, 0.05) is 36.9 Å². The lowest BCUT2D eigenvalue weighted by Crippen LogP contribution is -2.56. The van der Waals surface area contributed by atoms with Gasteiger partial charge in [0.15, 0.2) is 11.6 Å². The third-order valence-electron chi connectivity index (χ3n) is 4.07. The van der Waals surface area contributed by atoms with Crippen LogP contribution in [0.5, 0.6) is 5.75 Å². The first-order chi connectivity index (χ1) is 9.69. The van der Waals surface area contributed by atoms with Gasteiger partial charge in [-0.1, -0.05) is 20.3 Å². The fourth-order valence-electron chi connectivity index (χ4n) is 2.91. The van der Waals surface area contributed by atoms with Crippen molar-refractivity contribution < 1.29 is 9.13 Å². The third kappa shape index (κ3) is 3.23. The average Bonchev–Trinajstić information content (AvgIpc) is 2.48. The minimum Gasteiger partial charge on any atom is -0.494 e. The second-order valence-corrected chi connectivity index (χ2v) is 5.43. The molecule has 0 spiro atoms. The lowest BCUT2D eigenvalue weighted by Gasteiger charge is -2.42. The van der Waals surface area contributed by atoms with E-state index in [1.54, 1.807) is 0 Å². The molecule has 3 nitrogen and oxygen atoms in total. The molecule has 112 valence electrons. The molecule has 1 N–H and O–H groups in total. The summed E-state index contributed by atoms with van der Waals surface area (Å²) in [5, 5.41) is 3.61. The zero-order valence-corrected chi connectivity index (χ0v) is 12.7. The van der Waals surface area contributed by atoms with Crippen LogP contribution in [0.3, 0.4) is 0 Å². The van der Waals surface area contributed by atoms with Crippen molar-refractivity contribution in [3.05, 3.63) is 24.0 Å². The number of rotatable bonds is 5. The number of benzene rings is 1. The van der Waals surface area contributed by atoms with Crippen molar-refractivity contribution >= 4 is 5.69 Å². The van der Waals surface area contributed by atoms with Crippen LogP contribution in [0, 0.1) is 5.82 Å². The Labute approximate surface area is 121 Å². The number of nitrogens with one attached hydrogen (secondary N) is 1. The van der Waals surface area contributed by atoms with Crippen molar-refractivity contribution in [3.8, 4) is 5.75 Å². The second-order valence-electron chi connectivity index (χ2n) is 5.43. The summed E-state index contributed by atoms with van der Waals surface area (Å²) in [4.78, 5) is 2.39. The monoisotopic (exact) mass is 280 g/mol. The molecular weight excluding hydrogens is 255 g/mol. The van der Waals surface area contributed by atoms with Gasteiger partial charge in [0.05, 0.1) is 7.11 Å². The summed E-state index contributed by atoms with van der Waals surface area (Å²) in [5.74, 6) is 0.0208. The minimum absolute atomic E-state index is 0.301. The Balaban J connectivity index is 2.21. The number of nitrogens with zero attached hydrogens (tertiary/aromatic N) is 1. The highest BCUT2D eigenvalue weighted by molar-refractivity contribution is 5.52. The molecule has 1 aromatic rings. The molecule has 0 aromatic heterocycles. The molecule has 0 amide bonds. The molecule has 0 aliphatic carbocycles. The number of methoxy groups -OCH3 is 1. The SMILES string of the molecule is CCCC1CN(c2ccc(F)c(OC)c2)C(CC)CN1. The maximum absolute atomic E-state index is 13.6. The lowest BCUT2D eigenvalue weighted by atomic mass is 10.0. The van der Waals surface area contributed by atoms with Gasteiger partial charge in [0.1, 0.15) is 0 Å². The van der Waals surface area contributed by atoms with E-state index in [2.05, 4.69) is 24.1 Å². The molecule has 2 rings (SSSR count). The van der Waals surface area contributed by atoms with Crippen LogP contribution in [0.15, 0.2) is 18.2 Å². The van der Waals surface area contributed by atoms with Gasteiger partial charge in [-0.3, -0.25) is 0 Å². The van der Waals surface area contributed by atoms with Crippen LogP contribution in [0.2, 0.25) is 0 Å². The summed E-state index contributed by atoms with van der Waals surface area (Å²) < 4.78 is 18.7. The fraction of sp³-hybridized carbons (Fsp3) is 0.625. The largest absolute Gasteiger partial charge is 0.494 e. The van der Waals surface area contributed by atoms with Crippen LogP contribution < -0.4 is 15.0 Å². The van der Waals surface area contributed by atoms with E-state index >= 15 is 0 Å². The Kier molecular flexibility index (Phi) is 5.24. The van der Waals surface area contributed by atoms with Crippen molar-refractivity contribution in [3.63, 3.8) is 0 Å². The summed E-state index contributed by atoms with van der Waals surface area (Å²) in [6.07, 6.45) is 3.42. The molecule has 0 radical (unpaired) electrons. The normalized spacial score (nSPS) is 22.9. The molecule has 1 aliphatic heterocycles. The highest BCUT2D eigenvalue weighted by atomic mass is 19.1. The van der Waals surface area contributed by atoms with E-state index in [0.29, 0.717) is 17.8 Å². The predicted molar refractivity (Wildman–Crippen MR) is 81.1 cm³/mol. The maximum atomic E-state index is 13.6. The van der Waals surface area contributed by atoms with Gasteiger partial charge in [-0.2, -0.15) is 0 Å². The molecule has 1 aromatic carbocycles. The summed E-state index contributed by atoms with van der Waals surface area (Å²) in [5.41, 5.74) is 1.05. The number of ether oxygens (including phenoxy) is 1. The summed E-state index contributed by atoms with van der Waals surface area (Å²) in [6, 6.07) is 6.14. The maximum Gasteiger partial charge on any atom is 0.165 e. The van der Waals surface area contributed by atoms with Gasteiger partial charge in [0.25, 0.3) is 0 Å². The zero-order valence-electron chi connectivity index (χ0n) is 12.7. The first-order valence-corrected chi connectivity index (χ1v) is 7.53. The van der Waals surface area contributed by atoms with Crippen molar-refractivity contribution in [2.45, 2.75) is 45.2 Å². The van der Waals surface area contributed by atoms with Gasteiger partial charge < -0.3 is 15.0 Å². The smallest absolute Gasteiger partial charge is 0.165 e. The predicted octanol–water partition coefficient (Wildman–Crippen LogP) is 3.19. The summed E-state index contributed by atoms with van der Waals surface area (Å²) in [7, 11) is 1.51. The van der Waals surface area contributed by atoms with E-state index in [1.807, 2.05) is 12.1 Å². The Morgan fingerprint density at radius 2 is 2.20 bits per heavy atom. The number of anilines is 1. The molecule has 0 saturated carbocycles. The first-order valence-electron chi connectivity index (χ1n) is 7.53. The molecule has 1 aliphatic rings. The van der Waals surface area contributed by atoms with Crippen molar-refractivity contribution in [1.29, 1.82) is 0 Å². The van der Waals surface area contributed by atoms with E-state index in [-0.39, 0.29) is 5.82 Å². The molecule has 1 heterocycles. The van der Waals surface area contributed by atoms with Gasteiger partial charge >= 0.3 is 0 Å². The molecule has 1 saturated heterocycles. The van der Waals surface area contributed by atoms with Gasteiger partial charge in [-0.05, 0) is 25.0 Å². The average molecular weight is 280 g/mol. The Morgan fingerprint density at radius 1 is 1.40 bits per heavy atom. The molecule has 2 atom stereocenters. The van der Waals surface area contributed by atoms with E-state index in [9.17, 15) is 4.39 Å². The fourth-order valence-corrected chi connectivity index (χ4v) is 2.91. The van der Waals surface area contributed by atoms with Gasteiger partial charge in [-0.25, -0.2) is 4.39 Å². The van der Waals surface area contributed by atoms with Gasteiger partial charge in [-0.15, -0.1) is 0 Å². The topological polar surface area (TPSA) is 24.5 Å². The van der Waals surface area contributed by atoms with Crippen LogP contribution >= 0.6 is 0 Å². The molecule has 4 heteroatoms. The summed E-state index contributed by atoms with van der Waals surface area (Å²) >= 11 is 0. The van der Waals surface area contributed by atoms with Gasteiger partial charge in [0.2, 0.25) is 0 Å². The molecular formula is C16H25FN2O. The number of hydrogen-bond donors (Lipinski definition) is 1. The van der Waals surface area contributed by atoms with E-state index in [4.69, 9.17) is 4.74 Å². The lowest BCUT2D eigenvalue weighted by molar-refractivity contribution is 0.366. The Hall–Kier alpha value is -1.29. The summed E-state index contributed by atoms with van der Waals surface area (Å²) in [6.45, 7) is 6.36. The molecule has 1 fully saturated rings. The quantitative estimate of drug-likeness (QED) is 0.896. The number of hydrogen-bond acceptors (Lipinski definition) is 3. The number of halogens is 1. The number of piperazine rings is 1. The standard InChI is InChI=1S/C16H25FN2O/c1-4-6-12-11-19(13(5-2)10-18-12)14-7-8-15(17)16(9-14)20-3/h7-9,12-13,18H,4-6,10-11H2,1-3H3. The van der Waals surface area contributed by atoms with Crippen molar-refractivity contribution in [2.75, 3.05) is 25.1 Å². The van der Waals surface area contributed by atoms with Crippen LogP contribution in [0.4, 0.5) is 10.1 Å². The van der Waals surface area contributed by atoms with Crippen molar-refractivity contribution in [2.24, 2.45) is 0 Å². The van der Waals surface area contributed by atoms with Crippen molar-refractivity contribution in [1.82, 2.24) is 5.32 Å². The second kappa shape index (κ2) is 6.93. The highest BCUT2D eigenvalue weighted by Crippen LogP contribution is 2.28. The van der Waals surface area contributed by atoms with Crippen LogP contribution in [-0.4, -0.2) is 32.3 Å². The first kappa shape index (κ1) is 15.1. The van der Waals surface area contributed by atoms with E-state index in [0.717, 1.165) is 25.2 Å². The zero-order chi connectivity index (χ0) is 14.5. The Morgan fingerprint density at radius 3 is 2.85 bits per heavy atom. The van der Waals surface area contributed by atoms with Crippen LogP contribution in [0.25, 0.3) is 0 Å². The highest BCUT2D eigenvalue weighted by Gasteiger charge is 2.26. The molecule has 0 bridgehead atoms. The minimum atomic E-state index is -0.301. The van der Waals surface area contributed by atoms with E-state index in [1.165, 1.54) is 26.0 Å². The molecule has 2 unspecified atom stereocenters. The molecule has 20 heavy (non-hydrogen) atoms. The Bertz CT molecular complexity index is 438. The van der Waals surface area contributed by atoms with E-state index < -0.39 is 0 Å². The van der Waals surface area contributed by atoms with Crippen LogP contribution in [-0.2, 0) is 0 Å². The third-order valence-corrected chi connectivity index (χ3v) is 4.07.